The number of hydrogen-bond donors (Lipinski definition) is 3. The zero-order valence-electron chi connectivity index (χ0n) is 10.7. The lowest BCUT2D eigenvalue weighted by atomic mass is 10.2. The summed E-state index contributed by atoms with van der Waals surface area (Å²) in [7, 11) is 0. The average molecular weight is 362 g/mol. The highest BCUT2D eigenvalue weighted by Gasteiger charge is 2.06. The summed E-state index contributed by atoms with van der Waals surface area (Å²) in [5.74, 6) is 0.685. The van der Waals surface area contributed by atoms with Crippen LogP contribution in [-0.2, 0) is 0 Å². The maximum atomic E-state index is 6.27. The van der Waals surface area contributed by atoms with Gasteiger partial charge in [-0.3, -0.25) is 0 Å². The Kier molecular flexibility index (Phi) is 2.90. The summed E-state index contributed by atoms with van der Waals surface area (Å²) in [5, 5.41) is 4.96. The molecule has 2 heterocycles. The molecule has 0 bridgehead atoms. The summed E-state index contributed by atoms with van der Waals surface area (Å²) in [5.41, 5.74) is 3.75. The third-order valence-corrected chi connectivity index (χ3v) is 4.13. The van der Waals surface area contributed by atoms with Crippen molar-refractivity contribution in [3.05, 3.63) is 52.1 Å². The van der Waals surface area contributed by atoms with E-state index >= 15 is 0 Å². The molecule has 0 spiro atoms. The van der Waals surface area contributed by atoms with Crippen molar-refractivity contribution >= 4 is 61.1 Å². The van der Waals surface area contributed by atoms with Gasteiger partial charge in [0, 0.05) is 27.3 Å². The molecule has 6 heteroatoms. The van der Waals surface area contributed by atoms with E-state index in [1.807, 2.05) is 42.6 Å². The Bertz CT molecular complexity index is 957. The van der Waals surface area contributed by atoms with Crippen LogP contribution in [0.25, 0.3) is 21.9 Å². The summed E-state index contributed by atoms with van der Waals surface area (Å²) >= 11 is 9.72. The van der Waals surface area contributed by atoms with Crippen LogP contribution in [0.15, 0.2) is 47.1 Å². The van der Waals surface area contributed by atoms with Crippen LogP contribution in [0.5, 0.6) is 0 Å². The second kappa shape index (κ2) is 4.79. The molecule has 0 unspecified atom stereocenters. The fraction of sp³-hybridized carbons (Fsp3) is 0. The molecule has 0 saturated carbocycles. The molecule has 4 rings (SSSR count). The number of halogens is 2. The van der Waals surface area contributed by atoms with E-state index in [4.69, 9.17) is 11.6 Å². The van der Waals surface area contributed by atoms with Crippen molar-refractivity contribution in [2.45, 2.75) is 0 Å². The molecule has 3 N–H and O–H groups in total. The van der Waals surface area contributed by atoms with Crippen molar-refractivity contribution < 1.29 is 0 Å². The van der Waals surface area contributed by atoms with E-state index in [0.29, 0.717) is 11.0 Å². The number of imidazole rings is 1. The number of benzene rings is 2. The molecule has 0 aliphatic rings. The van der Waals surface area contributed by atoms with Gasteiger partial charge in [-0.25, -0.2) is 4.98 Å². The molecule has 0 radical (unpaired) electrons. The minimum Gasteiger partial charge on any atom is -0.361 e. The Labute approximate surface area is 133 Å². The normalized spacial score (nSPS) is 11.3. The van der Waals surface area contributed by atoms with Crippen LogP contribution in [-0.4, -0.2) is 15.0 Å². The lowest BCUT2D eigenvalue weighted by Gasteiger charge is -2.04. The molecule has 0 aliphatic carbocycles. The number of anilines is 2. The predicted octanol–water partition coefficient (Wildman–Crippen LogP) is 5.20. The molecule has 0 atom stereocenters. The summed E-state index contributed by atoms with van der Waals surface area (Å²) in [6.07, 6.45) is 1.87. The van der Waals surface area contributed by atoms with E-state index in [-0.39, 0.29) is 0 Å². The van der Waals surface area contributed by atoms with Crippen LogP contribution in [0.4, 0.5) is 11.6 Å². The van der Waals surface area contributed by atoms with E-state index in [0.717, 1.165) is 32.1 Å². The minimum absolute atomic E-state index is 0.685. The quantitative estimate of drug-likeness (QED) is 0.459. The topological polar surface area (TPSA) is 56.5 Å². The number of H-pyrrole nitrogens is 2. The molecule has 4 nitrogen and oxygen atoms in total. The Hall–Kier alpha value is -1.98. The Balaban J connectivity index is 1.75. The van der Waals surface area contributed by atoms with E-state index < -0.39 is 0 Å². The first kappa shape index (κ1) is 12.7. The fourth-order valence-electron chi connectivity index (χ4n) is 2.37. The minimum atomic E-state index is 0.685. The van der Waals surface area contributed by atoms with Gasteiger partial charge in [0.2, 0.25) is 5.95 Å². The van der Waals surface area contributed by atoms with Crippen molar-refractivity contribution in [3.8, 4) is 0 Å². The highest BCUT2D eigenvalue weighted by Crippen LogP contribution is 2.29. The number of hydrogen-bond acceptors (Lipinski definition) is 2. The largest absolute Gasteiger partial charge is 0.361 e. The second-order valence-electron chi connectivity index (χ2n) is 4.77. The smallest absolute Gasteiger partial charge is 0.205 e. The predicted molar refractivity (Wildman–Crippen MR) is 90.4 cm³/mol. The Morgan fingerprint density at radius 1 is 1.10 bits per heavy atom. The lowest BCUT2D eigenvalue weighted by molar-refractivity contribution is 1.31. The molecule has 21 heavy (non-hydrogen) atoms. The van der Waals surface area contributed by atoms with Crippen LogP contribution in [0.2, 0.25) is 5.02 Å². The summed E-state index contributed by atoms with van der Waals surface area (Å²) in [4.78, 5) is 10.9. The number of fused-ring (bicyclic) bond motifs is 2. The van der Waals surface area contributed by atoms with Crippen LogP contribution < -0.4 is 5.32 Å². The lowest BCUT2D eigenvalue weighted by Crippen LogP contribution is -1.92. The van der Waals surface area contributed by atoms with Crippen LogP contribution in [0, 0.1) is 0 Å². The standard InChI is InChI=1S/C15H10BrClN4/c16-8-1-2-12-14(5-8)21-15(20-12)19-9-6-11(17)10-3-4-18-13(10)7-9/h1-7,18H,(H2,19,20,21). The summed E-state index contributed by atoms with van der Waals surface area (Å²) in [6, 6.07) is 11.8. The van der Waals surface area contributed by atoms with Gasteiger partial charge in [-0.1, -0.05) is 27.5 Å². The van der Waals surface area contributed by atoms with Crippen molar-refractivity contribution in [3.63, 3.8) is 0 Å². The van der Waals surface area contributed by atoms with Crippen molar-refractivity contribution in [1.29, 1.82) is 0 Å². The first-order valence-electron chi connectivity index (χ1n) is 6.38. The molecule has 0 aliphatic heterocycles. The summed E-state index contributed by atoms with van der Waals surface area (Å²) < 4.78 is 1.01. The first-order chi connectivity index (χ1) is 10.2. The molecule has 0 amide bonds. The third-order valence-electron chi connectivity index (χ3n) is 3.33. The van der Waals surface area contributed by atoms with E-state index in [1.54, 1.807) is 0 Å². The van der Waals surface area contributed by atoms with Gasteiger partial charge in [0.1, 0.15) is 0 Å². The zero-order valence-corrected chi connectivity index (χ0v) is 13.1. The van der Waals surface area contributed by atoms with Gasteiger partial charge >= 0.3 is 0 Å². The van der Waals surface area contributed by atoms with E-state index in [9.17, 15) is 0 Å². The van der Waals surface area contributed by atoms with Gasteiger partial charge in [-0.05, 0) is 36.4 Å². The van der Waals surface area contributed by atoms with Crippen molar-refractivity contribution in [1.82, 2.24) is 15.0 Å². The van der Waals surface area contributed by atoms with E-state index in [1.165, 1.54) is 0 Å². The van der Waals surface area contributed by atoms with Crippen molar-refractivity contribution in [2.24, 2.45) is 0 Å². The van der Waals surface area contributed by atoms with Crippen LogP contribution >= 0.6 is 27.5 Å². The molecule has 0 saturated heterocycles. The number of aromatic amines is 2. The number of aromatic nitrogens is 3. The Morgan fingerprint density at radius 3 is 2.90 bits per heavy atom. The van der Waals surface area contributed by atoms with Gasteiger partial charge in [-0.2, -0.15) is 0 Å². The van der Waals surface area contributed by atoms with Crippen molar-refractivity contribution in [2.75, 3.05) is 5.32 Å². The third kappa shape index (κ3) is 2.28. The monoisotopic (exact) mass is 360 g/mol. The fourth-order valence-corrected chi connectivity index (χ4v) is 3.01. The van der Waals surface area contributed by atoms with Gasteiger partial charge in [0.25, 0.3) is 0 Å². The maximum absolute atomic E-state index is 6.27. The molecule has 2 aromatic carbocycles. The number of rotatable bonds is 2. The Morgan fingerprint density at radius 2 is 2.00 bits per heavy atom. The molecule has 2 aromatic heterocycles. The van der Waals surface area contributed by atoms with Gasteiger partial charge < -0.3 is 15.3 Å². The van der Waals surface area contributed by atoms with Crippen LogP contribution in [0.1, 0.15) is 0 Å². The van der Waals surface area contributed by atoms with Gasteiger partial charge in [-0.15, -0.1) is 0 Å². The molecule has 104 valence electrons. The molecular formula is C15H10BrClN4. The highest BCUT2D eigenvalue weighted by molar-refractivity contribution is 9.10. The van der Waals surface area contributed by atoms with Crippen LogP contribution in [0.3, 0.4) is 0 Å². The molecular weight excluding hydrogens is 352 g/mol. The van der Waals surface area contributed by atoms with E-state index in [2.05, 4.69) is 36.2 Å². The SMILES string of the molecule is Clc1cc(Nc2nc3ccc(Br)cc3[nH]2)cc2[nH]ccc12. The molecule has 4 aromatic rings. The molecule has 0 fully saturated rings. The first-order valence-corrected chi connectivity index (χ1v) is 7.55. The second-order valence-corrected chi connectivity index (χ2v) is 6.09. The number of nitrogens with zero attached hydrogens (tertiary/aromatic N) is 1. The number of nitrogens with one attached hydrogen (secondary N) is 3. The average Bonchev–Trinajstić information content (AvgIpc) is 3.04. The maximum Gasteiger partial charge on any atom is 0.205 e. The summed E-state index contributed by atoms with van der Waals surface area (Å²) in [6.45, 7) is 0. The van der Waals surface area contributed by atoms with Gasteiger partial charge in [0.05, 0.1) is 16.1 Å². The zero-order chi connectivity index (χ0) is 14.4. The van der Waals surface area contributed by atoms with Gasteiger partial charge in [0.15, 0.2) is 0 Å². The highest BCUT2D eigenvalue weighted by atomic mass is 79.9.